The van der Waals surface area contributed by atoms with Gasteiger partial charge < -0.3 is 14.5 Å². The number of carbonyl (C=O) groups excluding carboxylic acids is 3. The van der Waals surface area contributed by atoms with Gasteiger partial charge in [0.05, 0.1) is 12.5 Å². The highest BCUT2D eigenvalue weighted by Crippen LogP contribution is 2.43. The van der Waals surface area contributed by atoms with Gasteiger partial charge in [-0.1, -0.05) is 13.8 Å². The molecule has 0 radical (unpaired) electrons. The van der Waals surface area contributed by atoms with Crippen LogP contribution in [-0.2, 0) is 19.1 Å². The molecule has 3 atom stereocenters. The molecule has 0 N–H and O–H groups in total. The molecular weight excluding hydrogens is 298 g/mol. The molecule has 128 valence electrons. The summed E-state index contributed by atoms with van der Waals surface area (Å²) in [6, 6.07) is -0.537. The Morgan fingerprint density at radius 1 is 1.30 bits per heavy atom. The first kappa shape index (κ1) is 16.2. The van der Waals surface area contributed by atoms with Crippen LogP contribution in [0.5, 0.6) is 0 Å². The molecule has 7 nitrogen and oxygen atoms in total. The third-order valence-electron chi connectivity index (χ3n) is 5.40. The first-order valence-corrected chi connectivity index (χ1v) is 8.18. The predicted molar refractivity (Wildman–Crippen MR) is 82.4 cm³/mol. The van der Waals surface area contributed by atoms with E-state index in [4.69, 9.17) is 4.74 Å². The minimum atomic E-state index is -0.536. The summed E-state index contributed by atoms with van der Waals surface area (Å²) < 4.78 is 4.86. The van der Waals surface area contributed by atoms with Crippen LogP contribution in [-0.4, -0.2) is 84.9 Å². The molecule has 3 aliphatic rings. The number of esters is 1. The third-order valence-corrected chi connectivity index (χ3v) is 5.40. The largest absolute Gasteiger partial charge is 0.467 e. The van der Waals surface area contributed by atoms with Crippen LogP contribution in [0.25, 0.3) is 0 Å². The summed E-state index contributed by atoms with van der Waals surface area (Å²) >= 11 is 0. The van der Waals surface area contributed by atoms with E-state index < -0.39 is 11.5 Å². The molecule has 1 spiro atoms. The fourth-order valence-corrected chi connectivity index (χ4v) is 3.83. The molecule has 0 aliphatic carbocycles. The second-order valence-corrected chi connectivity index (χ2v) is 7.39. The van der Waals surface area contributed by atoms with Crippen LogP contribution in [0.1, 0.15) is 20.3 Å². The molecule has 0 aromatic heterocycles. The average Bonchev–Trinajstić information content (AvgIpc) is 3.10. The Hall–Kier alpha value is -1.63. The Balaban J connectivity index is 1.66. The highest BCUT2D eigenvalue weighted by Gasteiger charge is 2.59. The normalized spacial score (nSPS) is 29.7. The van der Waals surface area contributed by atoms with Crippen molar-refractivity contribution >= 4 is 17.8 Å². The van der Waals surface area contributed by atoms with Crippen molar-refractivity contribution in [1.82, 2.24) is 14.7 Å². The molecule has 0 saturated carbocycles. The van der Waals surface area contributed by atoms with Gasteiger partial charge in [0.25, 0.3) is 0 Å². The summed E-state index contributed by atoms with van der Waals surface area (Å²) in [7, 11) is 3.27. The van der Waals surface area contributed by atoms with Crippen molar-refractivity contribution < 1.29 is 19.1 Å². The Morgan fingerprint density at radius 3 is 2.39 bits per heavy atom. The molecule has 2 amide bonds. The maximum Gasteiger partial charge on any atom is 0.328 e. The number of amides is 2. The van der Waals surface area contributed by atoms with Crippen LogP contribution in [0, 0.1) is 11.3 Å². The van der Waals surface area contributed by atoms with Gasteiger partial charge in [0.15, 0.2) is 0 Å². The molecule has 0 bridgehead atoms. The maximum absolute atomic E-state index is 12.9. The van der Waals surface area contributed by atoms with Crippen LogP contribution in [0.4, 0.5) is 0 Å². The monoisotopic (exact) mass is 323 g/mol. The van der Waals surface area contributed by atoms with Crippen LogP contribution >= 0.6 is 0 Å². The summed E-state index contributed by atoms with van der Waals surface area (Å²) in [5.74, 6) is -0.246. The highest BCUT2D eigenvalue weighted by molar-refractivity contribution is 5.94. The van der Waals surface area contributed by atoms with E-state index in [1.54, 1.807) is 9.80 Å². The lowest BCUT2D eigenvalue weighted by Crippen LogP contribution is -2.63. The Labute approximate surface area is 136 Å². The van der Waals surface area contributed by atoms with E-state index in [9.17, 15) is 14.4 Å². The predicted octanol–water partition coefficient (Wildman–Crippen LogP) is -0.441. The molecule has 3 rings (SSSR count). The molecule has 0 unspecified atom stereocenters. The van der Waals surface area contributed by atoms with E-state index in [-0.39, 0.29) is 29.7 Å². The average molecular weight is 323 g/mol. The van der Waals surface area contributed by atoms with E-state index in [1.807, 2.05) is 25.8 Å². The smallest absolute Gasteiger partial charge is 0.328 e. The lowest BCUT2D eigenvalue weighted by molar-refractivity contribution is -0.161. The quantitative estimate of drug-likeness (QED) is 0.518. The van der Waals surface area contributed by atoms with Crippen LogP contribution in [0.2, 0.25) is 0 Å². The van der Waals surface area contributed by atoms with E-state index in [1.165, 1.54) is 7.11 Å². The summed E-state index contributed by atoms with van der Waals surface area (Å²) in [5, 5.41) is 0. The molecule has 0 aromatic carbocycles. The van der Waals surface area contributed by atoms with Crippen molar-refractivity contribution in [3.8, 4) is 0 Å². The zero-order valence-electron chi connectivity index (χ0n) is 14.2. The molecule has 3 aliphatic heterocycles. The van der Waals surface area contributed by atoms with Crippen LogP contribution in [0.15, 0.2) is 0 Å². The van der Waals surface area contributed by atoms with Gasteiger partial charge >= 0.3 is 5.97 Å². The minimum absolute atomic E-state index is 0.000486. The van der Waals surface area contributed by atoms with Crippen LogP contribution in [0.3, 0.4) is 0 Å². The summed E-state index contributed by atoms with van der Waals surface area (Å²) in [4.78, 5) is 42.5. The van der Waals surface area contributed by atoms with Crippen molar-refractivity contribution in [3.63, 3.8) is 0 Å². The molecule has 23 heavy (non-hydrogen) atoms. The second kappa shape index (κ2) is 5.47. The molecular formula is C16H25N3O4. The number of likely N-dealkylation sites (tertiary alicyclic amines) is 2. The first-order valence-electron chi connectivity index (χ1n) is 8.18. The summed E-state index contributed by atoms with van der Waals surface area (Å²) in [6.07, 6.45) is 0.705. The Bertz CT molecular complexity index is 541. The fraction of sp³-hybridized carbons (Fsp3) is 0.812. The van der Waals surface area contributed by atoms with E-state index in [2.05, 4.69) is 0 Å². The van der Waals surface area contributed by atoms with Gasteiger partial charge in [-0.15, -0.1) is 0 Å². The van der Waals surface area contributed by atoms with Gasteiger partial charge in [0, 0.05) is 26.2 Å². The lowest BCUT2D eigenvalue weighted by atomic mass is 9.78. The zero-order chi connectivity index (χ0) is 16.9. The number of likely N-dealkylation sites (N-methyl/N-ethyl adjacent to an activating group) is 1. The lowest BCUT2D eigenvalue weighted by Gasteiger charge is -2.46. The second-order valence-electron chi connectivity index (χ2n) is 7.39. The molecule has 0 aromatic rings. The third kappa shape index (κ3) is 2.51. The molecule has 7 heteroatoms. The maximum atomic E-state index is 12.9. The van der Waals surface area contributed by atoms with Gasteiger partial charge in [-0.25, -0.2) is 4.79 Å². The van der Waals surface area contributed by atoms with Gasteiger partial charge in [0.1, 0.15) is 12.1 Å². The number of hydrogen-bond acceptors (Lipinski definition) is 5. The SMILES string of the molecule is COC(=O)[C@H](C(C)C)N1CCC2(CN(C(=O)[C@@H]3C[N@]3C)C2)C1=O. The molecule has 3 fully saturated rings. The van der Waals surface area contributed by atoms with Crippen molar-refractivity contribution in [2.75, 3.05) is 40.3 Å². The molecule has 3 heterocycles. The topological polar surface area (TPSA) is 69.9 Å². The number of carbonyl (C=O) groups is 3. The summed E-state index contributed by atoms with van der Waals surface area (Å²) in [6.45, 7) is 6.16. The zero-order valence-corrected chi connectivity index (χ0v) is 14.2. The van der Waals surface area contributed by atoms with Gasteiger partial charge in [-0.2, -0.15) is 0 Å². The van der Waals surface area contributed by atoms with Crippen LogP contribution < -0.4 is 0 Å². The first-order chi connectivity index (χ1) is 10.8. The standard InChI is InChI=1S/C16H25N3O4/c1-10(2)12(14(21)23-4)19-6-5-16(15(19)22)8-18(9-16)13(20)11-7-17(11)3/h10-12H,5-9H2,1-4H3/t11-,12-,17-/m0/s1. The number of ether oxygens (including phenoxy) is 1. The number of methoxy groups -OCH3 is 1. The minimum Gasteiger partial charge on any atom is -0.467 e. The van der Waals surface area contributed by atoms with Crippen molar-refractivity contribution in [2.45, 2.75) is 32.4 Å². The number of hydrogen-bond donors (Lipinski definition) is 0. The Morgan fingerprint density at radius 2 is 1.91 bits per heavy atom. The highest BCUT2D eigenvalue weighted by atomic mass is 16.5. The summed E-state index contributed by atoms with van der Waals surface area (Å²) in [5.41, 5.74) is -0.482. The van der Waals surface area contributed by atoms with E-state index >= 15 is 0 Å². The van der Waals surface area contributed by atoms with Crippen molar-refractivity contribution in [2.24, 2.45) is 11.3 Å². The Kier molecular flexibility index (Phi) is 3.86. The van der Waals surface area contributed by atoms with E-state index in [0.29, 0.717) is 26.1 Å². The molecule has 3 saturated heterocycles. The van der Waals surface area contributed by atoms with Gasteiger partial charge in [0.2, 0.25) is 11.8 Å². The van der Waals surface area contributed by atoms with Gasteiger partial charge in [-0.3, -0.25) is 14.5 Å². The fourth-order valence-electron chi connectivity index (χ4n) is 3.83. The van der Waals surface area contributed by atoms with Gasteiger partial charge in [-0.05, 0) is 19.4 Å². The number of rotatable bonds is 4. The van der Waals surface area contributed by atoms with Crippen molar-refractivity contribution in [3.05, 3.63) is 0 Å². The number of nitrogens with zero attached hydrogens (tertiary/aromatic N) is 3. The van der Waals surface area contributed by atoms with Crippen molar-refractivity contribution in [1.29, 1.82) is 0 Å². The van der Waals surface area contributed by atoms with E-state index in [0.717, 1.165) is 6.54 Å².